The number of halogens is 2. The molecule has 0 spiro atoms. The topological polar surface area (TPSA) is 15.3 Å². The first kappa shape index (κ1) is 12.6. The monoisotopic (exact) mass is 246 g/mol. The van der Waals surface area contributed by atoms with Crippen molar-refractivity contribution in [3.63, 3.8) is 0 Å². The summed E-state index contributed by atoms with van der Waals surface area (Å²) in [5, 5.41) is 4.48. The average Bonchev–Trinajstić information content (AvgIpc) is 2.18. The second-order valence-corrected chi connectivity index (χ2v) is 4.53. The molecule has 1 aromatic rings. The van der Waals surface area contributed by atoms with Crippen molar-refractivity contribution in [3.05, 3.63) is 28.2 Å². The molecule has 0 aliphatic rings. The summed E-state index contributed by atoms with van der Waals surface area (Å²) in [6.45, 7) is 2.02. The van der Waals surface area contributed by atoms with Crippen LogP contribution < -0.4 is 5.32 Å². The Kier molecular flexibility index (Phi) is 5.23. The molecule has 0 unspecified atom stereocenters. The summed E-state index contributed by atoms with van der Waals surface area (Å²) in [5.74, 6) is 0. The zero-order valence-corrected chi connectivity index (χ0v) is 10.6. The first-order valence-electron chi connectivity index (χ1n) is 4.93. The van der Waals surface area contributed by atoms with Crippen LogP contribution in [0.3, 0.4) is 0 Å². The Labute approximate surface area is 101 Å². The second kappa shape index (κ2) is 6.21. The van der Waals surface area contributed by atoms with Crippen LogP contribution in [0.4, 0.5) is 5.69 Å². The first-order valence-corrected chi connectivity index (χ1v) is 5.69. The molecule has 0 saturated heterocycles. The van der Waals surface area contributed by atoms with E-state index in [9.17, 15) is 0 Å². The van der Waals surface area contributed by atoms with E-state index >= 15 is 0 Å². The Morgan fingerprint density at radius 2 is 1.93 bits per heavy atom. The van der Waals surface area contributed by atoms with E-state index in [4.69, 9.17) is 23.2 Å². The highest BCUT2D eigenvalue weighted by molar-refractivity contribution is 6.42. The molecule has 15 heavy (non-hydrogen) atoms. The maximum absolute atomic E-state index is 5.90. The van der Waals surface area contributed by atoms with Gasteiger partial charge in [-0.1, -0.05) is 23.2 Å². The van der Waals surface area contributed by atoms with Gasteiger partial charge in [0.05, 0.1) is 10.0 Å². The van der Waals surface area contributed by atoms with Crippen molar-refractivity contribution in [3.8, 4) is 0 Å². The highest BCUT2D eigenvalue weighted by Crippen LogP contribution is 2.24. The van der Waals surface area contributed by atoms with E-state index in [1.54, 1.807) is 6.07 Å². The molecule has 0 fully saturated rings. The Balaban J connectivity index is 2.35. The highest BCUT2D eigenvalue weighted by atomic mass is 35.5. The highest BCUT2D eigenvalue weighted by Gasteiger charge is 1.98. The van der Waals surface area contributed by atoms with Crippen molar-refractivity contribution < 1.29 is 0 Å². The minimum absolute atomic E-state index is 0.592. The molecule has 1 aromatic carbocycles. The summed E-state index contributed by atoms with van der Waals surface area (Å²) < 4.78 is 0. The largest absolute Gasteiger partial charge is 0.385 e. The van der Waals surface area contributed by atoms with Gasteiger partial charge in [-0.15, -0.1) is 0 Å². The molecule has 0 aromatic heterocycles. The van der Waals surface area contributed by atoms with Crippen molar-refractivity contribution in [1.29, 1.82) is 0 Å². The summed E-state index contributed by atoms with van der Waals surface area (Å²) >= 11 is 11.7. The number of nitrogens with zero attached hydrogens (tertiary/aromatic N) is 1. The fourth-order valence-electron chi connectivity index (χ4n) is 1.23. The maximum Gasteiger partial charge on any atom is 0.0612 e. The molecule has 0 bridgehead atoms. The maximum atomic E-state index is 5.90. The third-order valence-corrected chi connectivity index (χ3v) is 2.77. The van der Waals surface area contributed by atoms with Gasteiger partial charge >= 0.3 is 0 Å². The van der Waals surface area contributed by atoms with Crippen molar-refractivity contribution in [2.24, 2.45) is 0 Å². The molecule has 84 valence electrons. The van der Waals surface area contributed by atoms with E-state index in [0.717, 1.165) is 25.2 Å². The van der Waals surface area contributed by atoms with Crippen LogP contribution in [-0.2, 0) is 0 Å². The zero-order chi connectivity index (χ0) is 11.3. The summed E-state index contributed by atoms with van der Waals surface area (Å²) in [6, 6.07) is 5.58. The van der Waals surface area contributed by atoms with Crippen LogP contribution in [-0.4, -0.2) is 32.1 Å². The predicted molar refractivity (Wildman–Crippen MR) is 68.1 cm³/mol. The molecule has 0 aliphatic carbocycles. The van der Waals surface area contributed by atoms with Gasteiger partial charge in [-0.25, -0.2) is 0 Å². The van der Waals surface area contributed by atoms with Gasteiger partial charge in [-0.2, -0.15) is 0 Å². The Hall–Kier alpha value is -0.440. The van der Waals surface area contributed by atoms with Crippen molar-refractivity contribution in [2.75, 3.05) is 32.5 Å². The third kappa shape index (κ3) is 4.74. The van der Waals surface area contributed by atoms with Gasteiger partial charge in [0.2, 0.25) is 0 Å². The summed E-state index contributed by atoms with van der Waals surface area (Å²) in [4.78, 5) is 2.16. The Morgan fingerprint density at radius 3 is 2.53 bits per heavy atom. The lowest BCUT2D eigenvalue weighted by atomic mass is 10.3. The molecular formula is C11H16Cl2N2. The van der Waals surface area contributed by atoms with Crippen LogP contribution in [0.5, 0.6) is 0 Å². The fourth-order valence-corrected chi connectivity index (χ4v) is 1.53. The van der Waals surface area contributed by atoms with Crippen LogP contribution in [0.1, 0.15) is 6.42 Å². The average molecular weight is 247 g/mol. The third-order valence-electron chi connectivity index (χ3n) is 2.03. The van der Waals surface area contributed by atoms with Crippen molar-refractivity contribution >= 4 is 28.9 Å². The number of hydrogen-bond acceptors (Lipinski definition) is 2. The zero-order valence-electron chi connectivity index (χ0n) is 9.06. The standard InChI is InChI=1S/C11H16Cl2N2/c1-15(2)7-3-6-14-9-4-5-10(12)11(13)8-9/h4-5,8,14H,3,6-7H2,1-2H3. The number of anilines is 1. The van der Waals surface area contributed by atoms with E-state index in [2.05, 4.69) is 24.3 Å². The van der Waals surface area contributed by atoms with Gasteiger partial charge in [0.1, 0.15) is 0 Å². The molecule has 4 heteroatoms. The molecule has 0 saturated carbocycles. The Morgan fingerprint density at radius 1 is 1.20 bits per heavy atom. The van der Waals surface area contributed by atoms with E-state index in [1.165, 1.54) is 0 Å². The summed E-state index contributed by atoms with van der Waals surface area (Å²) in [5.41, 5.74) is 1.02. The molecule has 2 nitrogen and oxygen atoms in total. The number of nitrogens with one attached hydrogen (secondary N) is 1. The quantitative estimate of drug-likeness (QED) is 0.802. The molecular weight excluding hydrogens is 231 g/mol. The van der Waals surface area contributed by atoms with E-state index in [0.29, 0.717) is 10.0 Å². The predicted octanol–water partition coefficient (Wildman–Crippen LogP) is 3.36. The first-order chi connectivity index (χ1) is 7.09. The molecule has 0 heterocycles. The van der Waals surface area contributed by atoms with Gasteiger partial charge in [0.25, 0.3) is 0 Å². The minimum atomic E-state index is 0.592. The molecule has 0 radical (unpaired) electrons. The lowest BCUT2D eigenvalue weighted by Gasteiger charge is -2.10. The van der Waals surface area contributed by atoms with Gasteiger partial charge in [-0.05, 0) is 45.3 Å². The van der Waals surface area contributed by atoms with Crippen LogP contribution in [0.25, 0.3) is 0 Å². The second-order valence-electron chi connectivity index (χ2n) is 3.71. The lowest BCUT2D eigenvalue weighted by Crippen LogP contribution is -2.16. The molecule has 0 atom stereocenters. The van der Waals surface area contributed by atoms with Gasteiger partial charge in [0, 0.05) is 12.2 Å². The van der Waals surface area contributed by atoms with E-state index in [-0.39, 0.29) is 0 Å². The molecule has 1 N–H and O–H groups in total. The number of rotatable bonds is 5. The van der Waals surface area contributed by atoms with Crippen LogP contribution in [0.2, 0.25) is 10.0 Å². The molecule has 0 aliphatic heterocycles. The van der Waals surface area contributed by atoms with Gasteiger partial charge < -0.3 is 10.2 Å². The Bertz CT molecular complexity index is 313. The number of hydrogen-bond donors (Lipinski definition) is 1. The normalized spacial score (nSPS) is 10.7. The number of benzene rings is 1. The fraction of sp³-hybridized carbons (Fsp3) is 0.455. The van der Waals surface area contributed by atoms with Gasteiger partial charge in [0.15, 0.2) is 0 Å². The van der Waals surface area contributed by atoms with Gasteiger partial charge in [-0.3, -0.25) is 0 Å². The summed E-state index contributed by atoms with van der Waals surface area (Å²) in [7, 11) is 4.14. The molecule has 0 amide bonds. The smallest absolute Gasteiger partial charge is 0.0612 e. The van der Waals surface area contributed by atoms with E-state index in [1.807, 2.05) is 12.1 Å². The van der Waals surface area contributed by atoms with Crippen molar-refractivity contribution in [2.45, 2.75) is 6.42 Å². The van der Waals surface area contributed by atoms with Crippen LogP contribution in [0.15, 0.2) is 18.2 Å². The lowest BCUT2D eigenvalue weighted by molar-refractivity contribution is 0.405. The van der Waals surface area contributed by atoms with E-state index < -0.39 is 0 Å². The minimum Gasteiger partial charge on any atom is -0.385 e. The van der Waals surface area contributed by atoms with Crippen molar-refractivity contribution in [1.82, 2.24) is 4.90 Å². The molecule has 1 rings (SSSR count). The van der Waals surface area contributed by atoms with Crippen LogP contribution in [0, 0.1) is 0 Å². The van der Waals surface area contributed by atoms with Crippen LogP contribution >= 0.6 is 23.2 Å². The SMILES string of the molecule is CN(C)CCCNc1ccc(Cl)c(Cl)c1. The summed E-state index contributed by atoms with van der Waals surface area (Å²) in [6.07, 6.45) is 1.10.